The van der Waals surface area contributed by atoms with Gasteiger partial charge in [-0.2, -0.15) is 0 Å². The molecule has 1 aromatic rings. The highest BCUT2D eigenvalue weighted by Crippen LogP contribution is 2.47. The highest BCUT2D eigenvalue weighted by atomic mass is 16.1. The predicted octanol–water partition coefficient (Wildman–Crippen LogP) is 1.12. The highest BCUT2D eigenvalue weighted by Gasteiger charge is 2.51. The van der Waals surface area contributed by atoms with Gasteiger partial charge in [-0.15, -0.1) is 0 Å². The number of nitrogens with two attached hydrogens (primary N) is 1. The summed E-state index contributed by atoms with van der Waals surface area (Å²) >= 11 is 0. The summed E-state index contributed by atoms with van der Waals surface area (Å²) in [6, 6.07) is 5.37. The summed E-state index contributed by atoms with van der Waals surface area (Å²) in [5, 5.41) is 0. The van der Waals surface area contributed by atoms with E-state index < -0.39 is 5.41 Å². The maximum Gasteiger partial charge on any atom is 0.229 e. The third kappa shape index (κ3) is 2.58. The number of primary amides is 1. The van der Waals surface area contributed by atoms with Gasteiger partial charge in [0.1, 0.15) is 5.69 Å². The maximum absolute atomic E-state index is 12.6. The Balaban J connectivity index is 1.80. The van der Waals surface area contributed by atoms with Crippen LogP contribution in [0.1, 0.15) is 41.9 Å². The van der Waals surface area contributed by atoms with Crippen LogP contribution in [0.25, 0.3) is 0 Å². The van der Waals surface area contributed by atoms with Crippen molar-refractivity contribution in [2.24, 2.45) is 11.7 Å². The minimum atomic E-state index is -0.622. The van der Waals surface area contributed by atoms with E-state index in [9.17, 15) is 9.59 Å². The van der Waals surface area contributed by atoms with Crippen LogP contribution in [0, 0.1) is 5.92 Å². The van der Waals surface area contributed by atoms with E-state index in [1.807, 2.05) is 12.1 Å². The highest BCUT2D eigenvalue weighted by molar-refractivity contribution is 5.96. The number of pyridine rings is 1. The van der Waals surface area contributed by atoms with Crippen LogP contribution in [-0.4, -0.2) is 41.7 Å². The molecule has 2 N–H and O–H groups in total. The van der Waals surface area contributed by atoms with Gasteiger partial charge in [0.2, 0.25) is 5.91 Å². The zero-order chi connectivity index (χ0) is 15.0. The van der Waals surface area contributed by atoms with Crippen LogP contribution in [0.15, 0.2) is 18.2 Å². The molecule has 0 bridgehead atoms. The summed E-state index contributed by atoms with van der Waals surface area (Å²) in [7, 11) is 2.07. The van der Waals surface area contributed by atoms with Crippen molar-refractivity contribution >= 4 is 11.7 Å². The molecule has 1 aromatic heterocycles. The van der Waals surface area contributed by atoms with E-state index in [-0.39, 0.29) is 17.6 Å². The second-order valence-corrected chi connectivity index (χ2v) is 6.30. The van der Waals surface area contributed by atoms with E-state index in [2.05, 4.69) is 16.9 Å². The summed E-state index contributed by atoms with van der Waals surface area (Å²) in [6.07, 6.45) is 3.23. The Morgan fingerprint density at radius 3 is 2.52 bits per heavy atom. The number of carbonyl (C=O) groups excluding carboxylic acids is 2. The average molecular weight is 287 g/mol. The van der Waals surface area contributed by atoms with Gasteiger partial charge >= 0.3 is 0 Å². The molecule has 5 nitrogen and oxygen atoms in total. The molecule has 1 aliphatic heterocycles. The van der Waals surface area contributed by atoms with Crippen LogP contribution in [0.5, 0.6) is 0 Å². The van der Waals surface area contributed by atoms with Gasteiger partial charge in [-0.3, -0.25) is 9.59 Å². The first kappa shape index (κ1) is 14.2. The normalized spacial score (nSPS) is 22.0. The number of hydrogen-bond acceptors (Lipinski definition) is 4. The van der Waals surface area contributed by atoms with Crippen molar-refractivity contribution in [2.75, 3.05) is 20.1 Å². The van der Waals surface area contributed by atoms with E-state index in [0.717, 1.165) is 38.8 Å². The first-order chi connectivity index (χ1) is 10.0. The molecule has 0 radical (unpaired) electrons. The molecule has 1 aliphatic carbocycles. The Morgan fingerprint density at radius 1 is 1.29 bits per heavy atom. The molecular weight excluding hydrogens is 266 g/mol. The summed E-state index contributed by atoms with van der Waals surface area (Å²) < 4.78 is 0. The van der Waals surface area contributed by atoms with Crippen LogP contribution >= 0.6 is 0 Å². The topological polar surface area (TPSA) is 76.3 Å². The van der Waals surface area contributed by atoms with Crippen molar-refractivity contribution < 1.29 is 9.59 Å². The number of amides is 1. The first-order valence-electron chi connectivity index (χ1n) is 7.53. The summed E-state index contributed by atoms with van der Waals surface area (Å²) in [5.74, 6) is -0.184. The number of ketones is 1. The summed E-state index contributed by atoms with van der Waals surface area (Å²) in [6.45, 7) is 1.89. The van der Waals surface area contributed by atoms with Gasteiger partial charge in [0, 0.05) is 5.92 Å². The Labute approximate surface area is 124 Å². The molecule has 0 atom stereocenters. The number of piperidine rings is 1. The van der Waals surface area contributed by atoms with Crippen LogP contribution in [0.3, 0.4) is 0 Å². The first-order valence-corrected chi connectivity index (χ1v) is 7.53. The van der Waals surface area contributed by atoms with Crippen LogP contribution < -0.4 is 5.73 Å². The third-order valence-electron chi connectivity index (χ3n) is 4.80. The second-order valence-electron chi connectivity index (χ2n) is 6.30. The van der Waals surface area contributed by atoms with Crippen molar-refractivity contribution in [3.8, 4) is 0 Å². The zero-order valence-corrected chi connectivity index (χ0v) is 12.3. The fourth-order valence-electron chi connectivity index (χ4n) is 3.07. The minimum absolute atomic E-state index is 0.0488. The Hall–Kier alpha value is -1.75. The molecule has 0 aromatic carbocycles. The maximum atomic E-state index is 12.6. The van der Waals surface area contributed by atoms with Gasteiger partial charge in [0.15, 0.2) is 5.78 Å². The van der Waals surface area contributed by atoms with Gasteiger partial charge in [-0.1, -0.05) is 6.07 Å². The van der Waals surface area contributed by atoms with Crippen LogP contribution in [-0.2, 0) is 10.2 Å². The Kier molecular flexibility index (Phi) is 3.53. The van der Waals surface area contributed by atoms with Crippen molar-refractivity contribution in [1.29, 1.82) is 0 Å². The third-order valence-corrected chi connectivity index (χ3v) is 4.80. The lowest BCUT2D eigenvalue weighted by Crippen LogP contribution is -2.34. The summed E-state index contributed by atoms with van der Waals surface area (Å²) in [5.41, 5.74) is 6.00. The van der Waals surface area contributed by atoms with E-state index >= 15 is 0 Å². The molecule has 0 unspecified atom stereocenters. The summed E-state index contributed by atoms with van der Waals surface area (Å²) in [4.78, 5) is 30.9. The van der Waals surface area contributed by atoms with Crippen molar-refractivity contribution in [2.45, 2.75) is 31.1 Å². The standard InChI is InChI=1S/C16H21N3O2/c1-19-9-5-11(6-10-19)14(20)12-3-2-4-13(18-12)16(7-8-16)15(17)21/h2-4,11H,5-10H2,1H3,(H2,17,21). The number of likely N-dealkylation sites (tertiary alicyclic amines) is 1. The molecule has 2 heterocycles. The average Bonchev–Trinajstić information content (AvgIpc) is 3.29. The van der Waals surface area contributed by atoms with Crippen LogP contribution in [0.2, 0.25) is 0 Å². The molecule has 1 saturated heterocycles. The van der Waals surface area contributed by atoms with E-state index in [4.69, 9.17) is 5.73 Å². The molecular formula is C16H21N3O2. The molecule has 0 spiro atoms. The Bertz CT molecular complexity index is 573. The quantitative estimate of drug-likeness (QED) is 0.842. The van der Waals surface area contributed by atoms with E-state index in [0.29, 0.717) is 11.4 Å². The Morgan fingerprint density at radius 2 is 1.95 bits per heavy atom. The number of aromatic nitrogens is 1. The fourth-order valence-corrected chi connectivity index (χ4v) is 3.07. The lowest BCUT2D eigenvalue weighted by molar-refractivity contribution is -0.120. The molecule has 112 valence electrons. The van der Waals surface area contributed by atoms with Crippen molar-refractivity contribution in [3.05, 3.63) is 29.6 Å². The molecule has 5 heteroatoms. The van der Waals surface area contributed by atoms with Crippen molar-refractivity contribution in [3.63, 3.8) is 0 Å². The SMILES string of the molecule is CN1CCC(C(=O)c2cccc(C3(C(N)=O)CC3)n2)CC1. The number of carbonyl (C=O) groups is 2. The van der Waals surface area contributed by atoms with Gasteiger partial charge in [-0.25, -0.2) is 4.98 Å². The number of Topliss-reactive ketones (excluding diaryl/α,β-unsaturated/α-hetero) is 1. The number of nitrogens with zero attached hydrogens (tertiary/aromatic N) is 2. The van der Waals surface area contributed by atoms with Gasteiger partial charge < -0.3 is 10.6 Å². The lowest BCUT2D eigenvalue weighted by Gasteiger charge is -2.27. The monoisotopic (exact) mass is 287 g/mol. The molecule has 2 fully saturated rings. The van der Waals surface area contributed by atoms with Gasteiger partial charge in [-0.05, 0) is 58.0 Å². The van der Waals surface area contributed by atoms with Crippen molar-refractivity contribution in [1.82, 2.24) is 9.88 Å². The fraction of sp³-hybridized carbons (Fsp3) is 0.562. The van der Waals surface area contributed by atoms with Gasteiger partial charge in [0.25, 0.3) is 0 Å². The molecule has 2 aliphatic rings. The predicted molar refractivity (Wildman–Crippen MR) is 78.9 cm³/mol. The minimum Gasteiger partial charge on any atom is -0.369 e. The smallest absolute Gasteiger partial charge is 0.229 e. The molecule has 1 amide bonds. The second kappa shape index (κ2) is 5.22. The number of rotatable bonds is 4. The molecule has 3 rings (SSSR count). The number of hydrogen-bond donors (Lipinski definition) is 1. The molecule has 1 saturated carbocycles. The van der Waals surface area contributed by atoms with Gasteiger partial charge in [0.05, 0.1) is 11.1 Å². The zero-order valence-electron chi connectivity index (χ0n) is 12.3. The largest absolute Gasteiger partial charge is 0.369 e. The van der Waals surface area contributed by atoms with Crippen LogP contribution in [0.4, 0.5) is 0 Å². The molecule has 21 heavy (non-hydrogen) atoms. The lowest BCUT2D eigenvalue weighted by atomic mass is 9.90. The van der Waals surface area contributed by atoms with E-state index in [1.165, 1.54) is 0 Å². The van der Waals surface area contributed by atoms with E-state index in [1.54, 1.807) is 6.07 Å².